The van der Waals surface area contributed by atoms with E-state index in [9.17, 15) is 9.18 Å². The lowest BCUT2D eigenvalue weighted by molar-refractivity contribution is 0.168. The van der Waals surface area contributed by atoms with Gasteiger partial charge in [0.2, 0.25) is 0 Å². The summed E-state index contributed by atoms with van der Waals surface area (Å²) in [4.78, 5) is 11.4. The van der Waals surface area contributed by atoms with Gasteiger partial charge >= 0.3 is 6.09 Å². The van der Waals surface area contributed by atoms with E-state index in [2.05, 4.69) is 21.2 Å². The minimum absolute atomic E-state index is 0.281. The van der Waals surface area contributed by atoms with E-state index in [0.717, 1.165) is 5.56 Å². The SMILES string of the molecule is CCOC(=O)Nc1cccc(OCc2ccc(F)cc2Br)c1. The van der Waals surface area contributed by atoms with Crippen LogP contribution in [0.5, 0.6) is 5.75 Å². The van der Waals surface area contributed by atoms with Gasteiger partial charge in [-0.05, 0) is 31.2 Å². The quantitative estimate of drug-likeness (QED) is 0.830. The van der Waals surface area contributed by atoms with Gasteiger partial charge in [-0.2, -0.15) is 0 Å². The van der Waals surface area contributed by atoms with Crippen molar-refractivity contribution in [3.05, 3.63) is 58.3 Å². The Labute approximate surface area is 136 Å². The van der Waals surface area contributed by atoms with E-state index in [-0.39, 0.29) is 12.4 Å². The largest absolute Gasteiger partial charge is 0.489 e. The third-order valence-corrected chi connectivity index (χ3v) is 3.50. The molecule has 0 atom stereocenters. The molecule has 0 aromatic heterocycles. The Kier molecular flexibility index (Phi) is 5.77. The summed E-state index contributed by atoms with van der Waals surface area (Å²) >= 11 is 3.29. The number of carbonyl (C=O) groups excluding carboxylic acids is 1. The number of carbonyl (C=O) groups is 1. The normalized spacial score (nSPS) is 10.1. The maximum Gasteiger partial charge on any atom is 0.411 e. The smallest absolute Gasteiger partial charge is 0.411 e. The van der Waals surface area contributed by atoms with Gasteiger partial charge in [-0.15, -0.1) is 0 Å². The molecule has 2 rings (SSSR count). The van der Waals surface area contributed by atoms with Gasteiger partial charge < -0.3 is 9.47 Å². The Morgan fingerprint density at radius 1 is 1.27 bits per heavy atom. The monoisotopic (exact) mass is 367 g/mol. The highest BCUT2D eigenvalue weighted by atomic mass is 79.9. The molecule has 0 radical (unpaired) electrons. The van der Waals surface area contributed by atoms with Crippen molar-refractivity contribution in [1.29, 1.82) is 0 Å². The molecule has 22 heavy (non-hydrogen) atoms. The van der Waals surface area contributed by atoms with Crippen LogP contribution in [0, 0.1) is 5.82 Å². The van der Waals surface area contributed by atoms with Crippen molar-refractivity contribution < 1.29 is 18.7 Å². The molecule has 0 fully saturated rings. The minimum atomic E-state index is -0.513. The number of nitrogens with one attached hydrogen (secondary N) is 1. The summed E-state index contributed by atoms with van der Waals surface area (Å²) in [6.07, 6.45) is -0.513. The van der Waals surface area contributed by atoms with Gasteiger partial charge in [0.05, 0.1) is 6.61 Å². The zero-order valence-corrected chi connectivity index (χ0v) is 13.5. The van der Waals surface area contributed by atoms with E-state index < -0.39 is 6.09 Å². The lowest BCUT2D eigenvalue weighted by Crippen LogP contribution is -2.13. The third kappa shape index (κ3) is 4.73. The van der Waals surface area contributed by atoms with Crippen molar-refractivity contribution in [2.45, 2.75) is 13.5 Å². The van der Waals surface area contributed by atoms with E-state index in [4.69, 9.17) is 9.47 Å². The van der Waals surface area contributed by atoms with Gasteiger partial charge in [-0.25, -0.2) is 9.18 Å². The second-order valence-corrected chi connectivity index (χ2v) is 5.25. The highest BCUT2D eigenvalue weighted by Gasteiger charge is 2.05. The fourth-order valence-electron chi connectivity index (χ4n) is 1.75. The maximum absolute atomic E-state index is 13.0. The van der Waals surface area contributed by atoms with Crippen LogP contribution in [0.1, 0.15) is 12.5 Å². The zero-order valence-electron chi connectivity index (χ0n) is 11.9. The first-order valence-corrected chi connectivity index (χ1v) is 7.48. The van der Waals surface area contributed by atoms with Crippen LogP contribution in [0.3, 0.4) is 0 Å². The average molecular weight is 368 g/mol. The topological polar surface area (TPSA) is 47.6 Å². The number of hydrogen-bond acceptors (Lipinski definition) is 3. The van der Waals surface area contributed by atoms with Gasteiger partial charge in [0.25, 0.3) is 0 Å². The van der Waals surface area contributed by atoms with Gasteiger partial charge in [-0.1, -0.05) is 28.1 Å². The average Bonchev–Trinajstić information content (AvgIpc) is 2.47. The number of amides is 1. The molecule has 0 unspecified atom stereocenters. The fourth-order valence-corrected chi connectivity index (χ4v) is 2.21. The van der Waals surface area contributed by atoms with Gasteiger partial charge in [-0.3, -0.25) is 5.32 Å². The van der Waals surface area contributed by atoms with E-state index in [1.54, 1.807) is 37.3 Å². The van der Waals surface area contributed by atoms with Crippen LogP contribution in [-0.4, -0.2) is 12.7 Å². The molecule has 4 nitrogen and oxygen atoms in total. The number of ether oxygens (including phenoxy) is 2. The van der Waals surface area contributed by atoms with Gasteiger partial charge in [0.1, 0.15) is 18.2 Å². The molecule has 1 N–H and O–H groups in total. The Balaban J connectivity index is 1.99. The highest BCUT2D eigenvalue weighted by molar-refractivity contribution is 9.10. The molecule has 0 spiro atoms. The Bertz CT molecular complexity index is 664. The molecule has 0 aliphatic carbocycles. The molecule has 116 valence electrons. The summed E-state index contributed by atoms with van der Waals surface area (Å²) in [5, 5.41) is 2.60. The molecule has 1 amide bonds. The Morgan fingerprint density at radius 2 is 2.09 bits per heavy atom. The first kappa shape index (κ1) is 16.3. The molecule has 6 heteroatoms. The van der Waals surface area contributed by atoms with E-state index in [1.807, 2.05) is 0 Å². The summed E-state index contributed by atoms with van der Waals surface area (Å²) in [7, 11) is 0. The molecule has 0 saturated heterocycles. The molecule has 2 aromatic carbocycles. The second-order valence-electron chi connectivity index (χ2n) is 4.40. The van der Waals surface area contributed by atoms with Crippen LogP contribution >= 0.6 is 15.9 Å². The summed E-state index contributed by atoms with van der Waals surface area (Å²) in [6, 6.07) is 11.4. The van der Waals surface area contributed by atoms with Crippen LogP contribution in [0.4, 0.5) is 14.9 Å². The zero-order chi connectivity index (χ0) is 15.9. The highest BCUT2D eigenvalue weighted by Crippen LogP contribution is 2.22. The maximum atomic E-state index is 13.0. The molecule has 2 aromatic rings. The lowest BCUT2D eigenvalue weighted by atomic mass is 10.2. The summed E-state index contributed by atoms with van der Waals surface area (Å²) in [5.41, 5.74) is 1.40. The number of benzene rings is 2. The van der Waals surface area contributed by atoms with E-state index in [0.29, 0.717) is 22.5 Å². The minimum Gasteiger partial charge on any atom is -0.489 e. The van der Waals surface area contributed by atoms with Gasteiger partial charge in [0.15, 0.2) is 0 Å². The van der Waals surface area contributed by atoms with E-state index >= 15 is 0 Å². The molecule has 0 aliphatic heterocycles. The summed E-state index contributed by atoms with van der Waals surface area (Å²) < 4.78 is 24.1. The Hall–Kier alpha value is -2.08. The predicted molar refractivity (Wildman–Crippen MR) is 85.5 cm³/mol. The predicted octanol–water partition coefficient (Wildman–Crippen LogP) is 4.74. The molecule has 0 aliphatic rings. The van der Waals surface area contributed by atoms with Crippen LogP contribution in [0.25, 0.3) is 0 Å². The van der Waals surface area contributed by atoms with Crippen molar-refractivity contribution >= 4 is 27.7 Å². The summed E-state index contributed by atoms with van der Waals surface area (Å²) in [5.74, 6) is 0.279. The molecular formula is C16H15BrFNO3. The van der Waals surface area contributed by atoms with Crippen molar-refractivity contribution in [3.8, 4) is 5.75 Å². The third-order valence-electron chi connectivity index (χ3n) is 2.77. The van der Waals surface area contributed by atoms with Crippen LogP contribution in [0.15, 0.2) is 46.9 Å². The number of anilines is 1. The van der Waals surface area contributed by atoms with E-state index in [1.165, 1.54) is 12.1 Å². The number of rotatable bonds is 5. The van der Waals surface area contributed by atoms with Crippen molar-refractivity contribution in [2.24, 2.45) is 0 Å². The number of hydrogen-bond donors (Lipinski definition) is 1. The van der Waals surface area contributed by atoms with Crippen molar-refractivity contribution in [1.82, 2.24) is 0 Å². The summed E-state index contributed by atoms with van der Waals surface area (Å²) in [6.45, 7) is 2.32. The van der Waals surface area contributed by atoms with Crippen LogP contribution in [-0.2, 0) is 11.3 Å². The standard InChI is InChI=1S/C16H15BrFNO3/c1-2-21-16(20)19-13-4-3-5-14(9-13)22-10-11-6-7-12(18)8-15(11)17/h3-9H,2,10H2,1H3,(H,19,20). The second kappa shape index (κ2) is 7.79. The molecular weight excluding hydrogens is 353 g/mol. The van der Waals surface area contributed by atoms with Crippen molar-refractivity contribution in [3.63, 3.8) is 0 Å². The molecule has 0 bridgehead atoms. The van der Waals surface area contributed by atoms with Crippen LogP contribution < -0.4 is 10.1 Å². The molecule has 0 heterocycles. The fraction of sp³-hybridized carbons (Fsp3) is 0.188. The first-order chi connectivity index (χ1) is 10.6. The van der Waals surface area contributed by atoms with Gasteiger partial charge in [0, 0.05) is 21.8 Å². The number of halogens is 2. The Morgan fingerprint density at radius 3 is 2.82 bits per heavy atom. The van der Waals surface area contributed by atoms with Crippen LogP contribution in [0.2, 0.25) is 0 Å². The first-order valence-electron chi connectivity index (χ1n) is 6.69. The molecule has 0 saturated carbocycles. The van der Waals surface area contributed by atoms with Crippen molar-refractivity contribution in [2.75, 3.05) is 11.9 Å². The lowest BCUT2D eigenvalue weighted by Gasteiger charge is -2.10.